The second kappa shape index (κ2) is 5.91. The molecule has 0 saturated heterocycles. The van der Waals surface area contributed by atoms with E-state index in [2.05, 4.69) is 25.9 Å². The van der Waals surface area contributed by atoms with Crippen molar-refractivity contribution >= 4 is 27.7 Å². The monoisotopic (exact) mass is 375 g/mol. The van der Waals surface area contributed by atoms with Crippen molar-refractivity contribution in [2.24, 2.45) is 0 Å². The summed E-state index contributed by atoms with van der Waals surface area (Å²) in [6.45, 7) is 0. The lowest BCUT2D eigenvalue weighted by Gasteiger charge is -2.09. The van der Waals surface area contributed by atoms with Crippen molar-refractivity contribution in [1.82, 2.24) is 9.97 Å². The van der Waals surface area contributed by atoms with Gasteiger partial charge in [-0.3, -0.25) is 4.79 Å². The first-order valence-corrected chi connectivity index (χ1v) is 7.34. The molecule has 1 aromatic carbocycles. The minimum absolute atomic E-state index is 0.0492. The van der Waals surface area contributed by atoms with E-state index in [1.807, 2.05) is 0 Å². The molecule has 0 aliphatic carbocycles. The average molecular weight is 376 g/mol. The zero-order valence-corrected chi connectivity index (χ0v) is 12.7. The third-order valence-electron chi connectivity index (χ3n) is 2.55. The molecule has 0 aliphatic heterocycles. The highest BCUT2D eigenvalue weighted by Crippen LogP contribution is 2.32. The van der Waals surface area contributed by atoms with Crippen molar-refractivity contribution in [3.63, 3.8) is 0 Å². The Kier molecular flexibility index (Phi) is 4.39. The molecule has 0 fully saturated rings. The number of halogens is 4. The van der Waals surface area contributed by atoms with Crippen LogP contribution in [0, 0.1) is 28.8 Å². The van der Waals surface area contributed by atoms with E-state index < -0.39 is 39.8 Å². The lowest BCUT2D eigenvalue weighted by atomic mass is 10.1. The molecule has 0 spiro atoms. The van der Waals surface area contributed by atoms with Crippen molar-refractivity contribution < 1.29 is 13.2 Å². The van der Waals surface area contributed by atoms with Gasteiger partial charge in [0.1, 0.15) is 23.1 Å². The topological polar surface area (TPSA) is 69.5 Å². The summed E-state index contributed by atoms with van der Waals surface area (Å²) in [5.41, 5.74) is -2.85. The molecule has 0 aliphatic rings. The van der Waals surface area contributed by atoms with E-state index in [4.69, 9.17) is 5.26 Å². The van der Waals surface area contributed by atoms with E-state index >= 15 is 0 Å². The predicted octanol–water partition coefficient (Wildman–Crippen LogP) is 3.21. The van der Waals surface area contributed by atoms with Crippen LogP contribution in [0.4, 0.5) is 13.2 Å². The Labute approximate surface area is 129 Å². The predicted molar refractivity (Wildman–Crippen MR) is 74.4 cm³/mol. The Morgan fingerprint density at radius 3 is 2.62 bits per heavy atom. The van der Waals surface area contributed by atoms with Gasteiger partial charge in [0.2, 0.25) is 0 Å². The molecule has 108 valence electrons. The third kappa shape index (κ3) is 2.69. The van der Waals surface area contributed by atoms with Crippen LogP contribution in [0.3, 0.4) is 0 Å². The lowest BCUT2D eigenvalue weighted by molar-refractivity contribution is 0.496. The fourth-order valence-electron chi connectivity index (χ4n) is 1.61. The number of hydrogen-bond acceptors (Lipinski definition) is 4. The summed E-state index contributed by atoms with van der Waals surface area (Å²) in [4.78, 5) is 17.8. The van der Waals surface area contributed by atoms with Crippen LogP contribution in [0.25, 0.3) is 11.3 Å². The Hall–Kier alpha value is -1.79. The number of nitrogens with zero attached hydrogens (tertiary/aromatic N) is 2. The SMILES string of the molecule is CSc1nc(-c2c(F)c(F)cc(Br)c2F)c(C#N)c(=O)[nH]1. The second-order valence-electron chi connectivity index (χ2n) is 3.75. The number of aromatic nitrogens is 2. The number of H-pyrrole nitrogens is 1. The van der Waals surface area contributed by atoms with Crippen LogP contribution in [-0.4, -0.2) is 16.2 Å². The molecule has 4 nitrogen and oxygen atoms in total. The van der Waals surface area contributed by atoms with Gasteiger partial charge < -0.3 is 4.98 Å². The van der Waals surface area contributed by atoms with Crippen LogP contribution >= 0.6 is 27.7 Å². The fraction of sp³-hybridized carbons (Fsp3) is 0.0833. The van der Waals surface area contributed by atoms with Gasteiger partial charge in [0.05, 0.1) is 10.0 Å². The molecule has 0 bridgehead atoms. The minimum atomic E-state index is -1.52. The zero-order chi connectivity index (χ0) is 15.7. The number of aromatic amines is 1. The number of nitrogens with one attached hydrogen (secondary N) is 1. The number of rotatable bonds is 2. The number of benzene rings is 1. The molecule has 0 atom stereocenters. The average Bonchev–Trinajstić information content (AvgIpc) is 2.45. The Balaban J connectivity index is 2.95. The maximum Gasteiger partial charge on any atom is 0.270 e. The van der Waals surface area contributed by atoms with E-state index in [1.54, 1.807) is 6.26 Å². The van der Waals surface area contributed by atoms with Crippen molar-refractivity contribution in [2.75, 3.05) is 6.26 Å². The molecule has 21 heavy (non-hydrogen) atoms. The van der Waals surface area contributed by atoms with E-state index in [0.717, 1.165) is 11.8 Å². The smallest absolute Gasteiger partial charge is 0.270 e. The summed E-state index contributed by atoms with van der Waals surface area (Å²) in [6, 6.07) is 2.13. The molecule has 0 saturated carbocycles. The normalized spacial score (nSPS) is 10.5. The second-order valence-corrected chi connectivity index (χ2v) is 5.40. The lowest BCUT2D eigenvalue weighted by Crippen LogP contribution is -2.15. The highest BCUT2D eigenvalue weighted by molar-refractivity contribution is 9.10. The van der Waals surface area contributed by atoms with Gasteiger partial charge in [0.15, 0.2) is 16.8 Å². The highest BCUT2D eigenvalue weighted by Gasteiger charge is 2.24. The highest BCUT2D eigenvalue weighted by atomic mass is 79.9. The van der Waals surface area contributed by atoms with E-state index in [0.29, 0.717) is 6.07 Å². The van der Waals surface area contributed by atoms with Crippen LogP contribution in [0.2, 0.25) is 0 Å². The molecule has 0 radical (unpaired) electrons. The summed E-state index contributed by atoms with van der Waals surface area (Å²) in [6.07, 6.45) is 1.57. The molecule has 2 aromatic rings. The van der Waals surface area contributed by atoms with Crippen LogP contribution in [0.1, 0.15) is 5.56 Å². The number of nitriles is 1. The van der Waals surface area contributed by atoms with Crippen LogP contribution < -0.4 is 5.56 Å². The Morgan fingerprint density at radius 2 is 2.05 bits per heavy atom. The summed E-state index contributed by atoms with van der Waals surface area (Å²) in [5.74, 6) is -3.98. The van der Waals surface area contributed by atoms with E-state index in [9.17, 15) is 18.0 Å². The van der Waals surface area contributed by atoms with Crippen molar-refractivity contribution in [3.8, 4) is 17.3 Å². The van der Waals surface area contributed by atoms with Crippen LogP contribution in [-0.2, 0) is 0 Å². The van der Waals surface area contributed by atoms with Crippen LogP contribution in [0.15, 0.2) is 20.5 Å². The van der Waals surface area contributed by atoms with Crippen LogP contribution in [0.5, 0.6) is 0 Å². The number of thioether (sulfide) groups is 1. The largest absolute Gasteiger partial charge is 0.300 e. The summed E-state index contributed by atoms with van der Waals surface area (Å²) in [7, 11) is 0. The Morgan fingerprint density at radius 1 is 1.38 bits per heavy atom. The van der Waals surface area contributed by atoms with Gasteiger partial charge >= 0.3 is 0 Å². The van der Waals surface area contributed by atoms with Gasteiger partial charge in [-0.2, -0.15) is 5.26 Å². The summed E-state index contributed by atoms with van der Waals surface area (Å²) < 4.78 is 41.1. The quantitative estimate of drug-likeness (QED) is 0.497. The molecule has 0 amide bonds. The van der Waals surface area contributed by atoms with Gasteiger partial charge in [-0.25, -0.2) is 18.2 Å². The Bertz CT molecular complexity index is 806. The summed E-state index contributed by atoms with van der Waals surface area (Å²) >= 11 is 3.75. The van der Waals surface area contributed by atoms with Crippen molar-refractivity contribution in [2.45, 2.75) is 5.16 Å². The maximum absolute atomic E-state index is 14.1. The molecule has 0 unspecified atom stereocenters. The van der Waals surface area contributed by atoms with Gasteiger partial charge in [-0.1, -0.05) is 11.8 Å². The standard InChI is InChI=1S/C12H5BrF3N3OS/c1-21-12-18-10(4(3-17)11(20)19-12)7-8(15)5(13)2-6(14)9(7)16/h2H,1H3,(H,18,19,20). The molecule has 9 heteroatoms. The van der Waals surface area contributed by atoms with E-state index in [1.165, 1.54) is 6.07 Å². The first-order chi connectivity index (χ1) is 9.90. The zero-order valence-electron chi connectivity index (χ0n) is 10.3. The molecule has 1 aromatic heterocycles. The first-order valence-electron chi connectivity index (χ1n) is 5.32. The summed E-state index contributed by atoms with van der Waals surface area (Å²) in [5, 5.41) is 9.03. The van der Waals surface area contributed by atoms with Crippen molar-refractivity contribution in [1.29, 1.82) is 5.26 Å². The van der Waals surface area contributed by atoms with Gasteiger partial charge in [0.25, 0.3) is 5.56 Å². The van der Waals surface area contributed by atoms with Crippen molar-refractivity contribution in [3.05, 3.63) is 43.9 Å². The van der Waals surface area contributed by atoms with Gasteiger partial charge in [-0.05, 0) is 28.3 Å². The first kappa shape index (κ1) is 15.6. The number of hydrogen-bond donors (Lipinski definition) is 1. The molecular weight excluding hydrogens is 371 g/mol. The third-order valence-corrected chi connectivity index (χ3v) is 3.71. The molecule has 2 rings (SSSR count). The fourth-order valence-corrected chi connectivity index (χ4v) is 2.39. The maximum atomic E-state index is 14.1. The minimum Gasteiger partial charge on any atom is -0.300 e. The van der Waals surface area contributed by atoms with Gasteiger partial charge in [0, 0.05) is 0 Å². The van der Waals surface area contributed by atoms with E-state index in [-0.39, 0.29) is 9.63 Å². The molecule has 1 N–H and O–H groups in total. The molecular formula is C12H5BrF3N3OS. The molecule has 1 heterocycles. The van der Waals surface area contributed by atoms with Gasteiger partial charge in [-0.15, -0.1) is 0 Å².